The second-order valence-corrected chi connectivity index (χ2v) is 4.43. The van der Waals surface area contributed by atoms with Gasteiger partial charge in [-0.3, -0.25) is 0 Å². The quantitative estimate of drug-likeness (QED) is 0.631. The summed E-state index contributed by atoms with van der Waals surface area (Å²) in [5.74, 6) is 0.904. The number of terminal acetylenes is 1. The molecule has 0 fully saturated rings. The maximum atomic E-state index is 13.9. The molecule has 0 aliphatic heterocycles. The highest BCUT2D eigenvalue weighted by Gasteiger charge is 2.33. The summed E-state index contributed by atoms with van der Waals surface area (Å²) in [6, 6.07) is 2.68. The molecule has 0 radical (unpaired) electrons. The predicted octanol–water partition coefficient (Wildman–Crippen LogP) is 3.97. The van der Waals surface area contributed by atoms with Gasteiger partial charge < -0.3 is 4.74 Å². The van der Waals surface area contributed by atoms with Crippen LogP contribution in [0.1, 0.15) is 5.69 Å². The second kappa shape index (κ2) is 6.20. The number of ether oxygens (including phenoxy) is 1. The zero-order valence-electron chi connectivity index (χ0n) is 10.8. The molecule has 8 heteroatoms. The molecule has 1 aromatic heterocycles. The van der Waals surface area contributed by atoms with Crippen LogP contribution >= 0.6 is 11.6 Å². The number of rotatable bonds is 3. The Labute approximate surface area is 127 Å². The van der Waals surface area contributed by atoms with Gasteiger partial charge in [-0.2, -0.15) is 13.2 Å². The van der Waals surface area contributed by atoms with Gasteiger partial charge in [0.05, 0.1) is 10.6 Å². The molecule has 0 saturated carbocycles. The number of benzene rings is 1. The molecule has 0 N–H and O–H groups in total. The van der Waals surface area contributed by atoms with Crippen LogP contribution in [-0.2, 0) is 6.18 Å². The van der Waals surface area contributed by atoms with Crippen LogP contribution in [0.3, 0.4) is 0 Å². The Bertz CT molecular complexity index is 741. The standard InChI is InChI=1S/C14H7ClF4N2O/c1-2-5-22-11-6-8(10(16)7-9(11)15)13-20-4-3-12(21-13)14(17,18)19/h1,3-4,6-7H,5H2. The minimum atomic E-state index is -4.66. The molecule has 0 aliphatic carbocycles. The maximum absolute atomic E-state index is 13.9. The topological polar surface area (TPSA) is 35.0 Å². The first kappa shape index (κ1) is 16.0. The third-order valence-electron chi connectivity index (χ3n) is 2.52. The minimum absolute atomic E-state index is 0.0250. The van der Waals surface area contributed by atoms with Gasteiger partial charge in [-0.1, -0.05) is 17.5 Å². The molecule has 0 spiro atoms. The Balaban J connectivity index is 2.51. The van der Waals surface area contributed by atoms with Crippen LogP contribution in [-0.4, -0.2) is 16.6 Å². The van der Waals surface area contributed by atoms with Crippen molar-refractivity contribution in [3.63, 3.8) is 0 Å². The number of nitrogens with zero attached hydrogens (tertiary/aromatic N) is 2. The first-order valence-electron chi connectivity index (χ1n) is 5.79. The molecular weight excluding hydrogens is 324 g/mol. The molecule has 1 aromatic carbocycles. The maximum Gasteiger partial charge on any atom is 0.433 e. The second-order valence-electron chi connectivity index (χ2n) is 4.02. The first-order valence-corrected chi connectivity index (χ1v) is 6.16. The van der Waals surface area contributed by atoms with Crippen LogP contribution in [0.4, 0.5) is 17.6 Å². The fourth-order valence-electron chi connectivity index (χ4n) is 1.58. The molecule has 2 rings (SSSR count). The number of alkyl halides is 3. The molecular formula is C14H7ClF4N2O. The van der Waals surface area contributed by atoms with Gasteiger partial charge in [-0.15, -0.1) is 6.42 Å². The average molecular weight is 331 g/mol. The monoisotopic (exact) mass is 330 g/mol. The van der Waals surface area contributed by atoms with Gasteiger partial charge in [0, 0.05) is 6.20 Å². The van der Waals surface area contributed by atoms with Crippen LogP contribution in [0.2, 0.25) is 5.02 Å². The molecule has 0 bridgehead atoms. The summed E-state index contributed by atoms with van der Waals surface area (Å²) >= 11 is 5.77. The van der Waals surface area contributed by atoms with Crippen LogP contribution in [0.25, 0.3) is 11.4 Å². The summed E-state index contributed by atoms with van der Waals surface area (Å²) in [5.41, 5.74) is -1.46. The fourth-order valence-corrected chi connectivity index (χ4v) is 1.78. The molecule has 0 amide bonds. The largest absolute Gasteiger partial charge is 0.479 e. The van der Waals surface area contributed by atoms with E-state index in [0.717, 1.165) is 18.3 Å². The summed E-state index contributed by atoms with van der Waals surface area (Å²) in [4.78, 5) is 6.96. The third kappa shape index (κ3) is 3.46. The molecule has 0 unspecified atom stereocenters. The molecule has 22 heavy (non-hydrogen) atoms. The Kier molecular flexibility index (Phi) is 4.52. The van der Waals surface area contributed by atoms with E-state index in [2.05, 4.69) is 15.9 Å². The summed E-state index contributed by atoms with van der Waals surface area (Å²) in [5, 5.41) is -0.0662. The van der Waals surface area contributed by atoms with Gasteiger partial charge in [0.2, 0.25) is 0 Å². The van der Waals surface area contributed by atoms with Gasteiger partial charge in [0.25, 0.3) is 0 Å². The van der Waals surface area contributed by atoms with E-state index >= 15 is 0 Å². The number of hydrogen-bond acceptors (Lipinski definition) is 3. The summed E-state index contributed by atoms with van der Waals surface area (Å²) in [7, 11) is 0. The van der Waals surface area contributed by atoms with Gasteiger partial charge in [-0.25, -0.2) is 14.4 Å². The van der Waals surface area contributed by atoms with Crippen LogP contribution in [0, 0.1) is 18.2 Å². The van der Waals surface area contributed by atoms with Crippen molar-refractivity contribution in [3.05, 3.63) is 40.9 Å². The highest BCUT2D eigenvalue weighted by Crippen LogP contribution is 2.33. The lowest BCUT2D eigenvalue weighted by atomic mass is 10.2. The Morgan fingerprint density at radius 3 is 2.68 bits per heavy atom. The number of aromatic nitrogens is 2. The van der Waals surface area contributed by atoms with Gasteiger partial charge in [0.1, 0.15) is 23.9 Å². The Hall–Kier alpha value is -2.33. The third-order valence-corrected chi connectivity index (χ3v) is 2.81. The van der Waals surface area contributed by atoms with E-state index in [0.29, 0.717) is 6.07 Å². The molecule has 0 saturated heterocycles. The van der Waals surface area contributed by atoms with Crippen LogP contribution < -0.4 is 4.74 Å². The number of hydrogen-bond donors (Lipinski definition) is 0. The van der Waals surface area contributed by atoms with E-state index < -0.39 is 23.5 Å². The smallest absolute Gasteiger partial charge is 0.433 e. The average Bonchev–Trinajstić information content (AvgIpc) is 2.45. The van der Waals surface area contributed by atoms with E-state index in [1.807, 2.05) is 0 Å². The summed E-state index contributed by atoms with van der Waals surface area (Å²) in [6.07, 6.45) is 1.26. The lowest BCUT2D eigenvalue weighted by molar-refractivity contribution is -0.141. The predicted molar refractivity (Wildman–Crippen MR) is 71.8 cm³/mol. The van der Waals surface area contributed by atoms with Crippen molar-refractivity contribution in [2.45, 2.75) is 6.18 Å². The highest BCUT2D eigenvalue weighted by atomic mass is 35.5. The van der Waals surface area contributed by atoms with Crippen molar-refractivity contribution in [2.75, 3.05) is 6.61 Å². The molecule has 2 aromatic rings. The molecule has 3 nitrogen and oxygen atoms in total. The first-order chi connectivity index (χ1) is 10.3. The Morgan fingerprint density at radius 1 is 1.32 bits per heavy atom. The van der Waals surface area contributed by atoms with Crippen molar-refractivity contribution < 1.29 is 22.3 Å². The normalized spacial score (nSPS) is 11.1. The van der Waals surface area contributed by atoms with Crippen molar-refractivity contribution in [1.82, 2.24) is 9.97 Å². The van der Waals surface area contributed by atoms with E-state index in [4.69, 9.17) is 22.8 Å². The lowest BCUT2D eigenvalue weighted by Crippen LogP contribution is -2.09. The number of halogens is 5. The molecule has 0 atom stereocenters. The zero-order valence-corrected chi connectivity index (χ0v) is 11.5. The van der Waals surface area contributed by atoms with Crippen molar-refractivity contribution in [1.29, 1.82) is 0 Å². The Morgan fingerprint density at radius 2 is 2.05 bits per heavy atom. The molecule has 0 aliphatic rings. The van der Waals surface area contributed by atoms with Crippen molar-refractivity contribution >= 4 is 11.6 Å². The minimum Gasteiger partial charge on any atom is -0.479 e. The van der Waals surface area contributed by atoms with Crippen molar-refractivity contribution in [3.8, 4) is 29.5 Å². The van der Waals surface area contributed by atoms with Gasteiger partial charge in [0.15, 0.2) is 5.82 Å². The van der Waals surface area contributed by atoms with Crippen LogP contribution in [0.15, 0.2) is 24.4 Å². The molecule has 1 heterocycles. The lowest BCUT2D eigenvalue weighted by Gasteiger charge is -2.10. The molecule has 114 valence electrons. The fraction of sp³-hybridized carbons (Fsp3) is 0.143. The van der Waals surface area contributed by atoms with Crippen molar-refractivity contribution in [2.24, 2.45) is 0 Å². The highest BCUT2D eigenvalue weighted by molar-refractivity contribution is 6.32. The van der Waals surface area contributed by atoms with E-state index in [9.17, 15) is 17.6 Å². The van der Waals surface area contributed by atoms with E-state index in [1.54, 1.807) is 0 Å². The van der Waals surface area contributed by atoms with Crippen LogP contribution in [0.5, 0.6) is 5.75 Å². The summed E-state index contributed by atoms with van der Waals surface area (Å²) in [6.45, 7) is -0.131. The zero-order chi connectivity index (χ0) is 16.3. The van der Waals surface area contributed by atoms with E-state index in [1.165, 1.54) is 0 Å². The SMILES string of the molecule is C#CCOc1cc(-c2nccc(C(F)(F)F)n2)c(F)cc1Cl. The van der Waals surface area contributed by atoms with Gasteiger partial charge >= 0.3 is 6.18 Å². The van der Waals surface area contributed by atoms with E-state index in [-0.39, 0.29) is 22.9 Å². The summed E-state index contributed by atoms with van der Waals surface area (Å²) < 4.78 is 56.9. The van der Waals surface area contributed by atoms with Gasteiger partial charge in [-0.05, 0) is 18.2 Å².